The van der Waals surface area contributed by atoms with Gasteiger partial charge in [0.1, 0.15) is 5.82 Å². The first kappa shape index (κ1) is 14.4. The van der Waals surface area contributed by atoms with Crippen molar-refractivity contribution in [2.24, 2.45) is 0 Å². The van der Waals surface area contributed by atoms with E-state index in [0.717, 1.165) is 6.42 Å². The predicted octanol–water partition coefficient (Wildman–Crippen LogP) is 3.20. The summed E-state index contributed by atoms with van der Waals surface area (Å²) in [5.41, 5.74) is 0.460. The van der Waals surface area contributed by atoms with Gasteiger partial charge in [0, 0.05) is 19.6 Å². The Balaban J connectivity index is 2.39. The molecule has 0 radical (unpaired) electrons. The third kappa shape index (κ3) is 5.02. The van der Waals surface area contributed by atoms with Crippen LogP contribution < -0.4 is 0 Å². The SMILES string of the molecule is CCOCCCC(O)Cc1cccc(Cl)c1F. The van der Waals surface area contributed by atoms with Gasteiger partial charge in [0.05, 0.1) is 11.1 Å². The van der Waals surface area contributed by atoms with Crippen LogP contribution in [0.4, 0.5) is 4.39 Å². The van der Waals surface area contributed by atoms with Crippen LogP contribution in [0.2, 0.25) is 5.02 Å². The van der Waals surface area contributed by atoms with E-state index < -0.39 is 11.9 Å². The molecule has 2 nitrogen and oxygen atoms in total. The van der Waals surface area contributed by atoms with E-state index >= 15 is 0 Å². The maximum atomic E-state index is 13.5. The second-order valence-corrected chi connectivity index (χ2v) is 4.32. The lowest BCUT2D eigenvalue weighted by Crippen LogP contribution is -2.12. The van der Waals surface area contributed by atoms with Crippen molar-refractivity contribution < 1.29 is 14.2 Å². The minimum absolute atomic E-state index is 0.101. The van der Waals surface area contributed by atoms with Gasteiger partial charge in [-0.2, -0.15) is 0 Å². The minimum atomic E-state index is -0.552. The van der Waals surface area contributed by atoms with Crippen LogP contribution in [0.1, 0.15) is 25.3 Å². The number of aliphatic hydroxyl groups is 1. The maximum Gasteiger partial charge on any atom is 0.145 e. The zero-order valence-electron chi connectivity index (χ0n) is 9.96. The van der Waals surface area contributed by atoms with Crippen molar-refractivity contribution >= 4 is 11.6 Å². The minimum Gasteiger partial charge on any atom is -0.393 e. The van der Waals surface area contributed by atoms with Crippen LogP contribution in [0, 0.1) is 5.82 Å². The lowest BCUT2D eigenvalue weighted by atomic mass is 10.0. The van der Waals surface area contributed by atoms with Gasteiger partial charge in [-0.15, -0.1) is 0 Å². The summed E-state index contributed by atoms with van der Waals surface area (Å²) in [4.78, 5) is 0. The summed E-state index contributed by atoms with van der Waals surface area (Å²) >= 11 is 5.67. The van der Waals surface area contributed by atoms with Gasteiger partial charge in [0.2, 0.25) is 0 Å². The molecular formula is C13H18ClFO2. The Morgan fingerprint density at radius 3 is 2.94 bits per heavy atom. The summed E-state index contributed by atoms with van der Waals surface area (Å²) in [6.45, 7) is 3.24. The fraction of sp³-hybridized carbons (Fsp3) is 0.538. The van der Waals surface area contributed by atoms with E-state index in [9.17, 15) is 9.50 Å². The highest BCUT2D eigenvalue weighted by Gasteiger charge is 2.11. The van der Waals surface area contributed by atoms with Gasteiger partial charge in [0.15, 0.2) is 0 Å². The van der Waals surface area contributed by atoms with Gasteiger partial charge in [0.25, 0.3) is 0 Å². The van der Waals surface area contributed by atoms with Crippen molar-refractivity contribution in [3.8, 4) is 0 Å². The van der Waals surface area contributed by atoms with E-state index in [1.54, 1.807) is 12.1 Å². The zero-order valence-corrected chi connectivity index (χ0v) is 10.7. The number of rotatable bonds is 7. The van der Waals surface area contributed by atoms with Gasteiger partial charge in [-0.05, 0) is 31.4 Å². The lowest BCUT2D eigenvalue weighted by molar-refractivity contribution is 0.114. The van der Waals surface area contributed by atoms with Gasteiger partial charge in [-0.25, -0.2) is 4.39 Å². The first-order valence-corrected chi connectivity index (χ1v) is 6.21. The van der Waals surface area contributed by atoms with Crippen molar-refractivity contribution in [3.63, 3.8) is 0 Å². The third-order valence-electron chi connectivity index (χ3n) is 2.52. The fourth-order valence-corrected chi connectivity index (χ4v) is 1.82. The molecule has 0 amide bonds. The van der Waals surface area contributed by atoms with Crippen LogP contribution in [-0.2, 0) is 11.2 Å². The zero-order chi connectivity index (χ0) is 12.7. The summed E-state index contributed by atoms with van der Waals surface area (Å²) in [6.07, 6.45) is 1.12. The topological polar surface area (TPSA) is 29.5 Å². The van der Waals surface area contributed by atoms with E-state index in [4.69, 9.17) is 16.3 Å². The molecule has 1 N–H and O–H groups in total. The van der Waals surface area contributed by atoms with Gasteiger partial charge < -0.3 is 9.84 Å². The Morgan fingerprint density at radius 1 is 1.47 bits per heavy atom. The van der Waals surface area contributed by atoms with Crippen molar-refractivity contribution in [3.05, 3.63) is 34.6 Å². The fourth-order valence-electron chi connectivity index (χ4n) is 1.63. The molecule has 0 aliphatic carbocycles. The Morgan fingerprint density at radius 2 is 2.24 bits per heavy atom. The van der Waals surface area contributed by atoms with Crippen LogP contribution in [-0.4, -0.2) is 24.4 Å². The molecule has 0 aliphatic heterocycles. The van der Waals surface area contributed by atoms with Gasteiger partial charge in [-0.1, -0.05) is 23.7 Å². The average Bonchev–Trinajstić information content (AvgIpc) is 2.31. The molecule has 4 heteroatoms. The molecule has 0 spiro atoms. The molecule has 17 heavy (non-hydrogen) atoms. The normalized spacial score (nSPS) is 12.7. The van der Waals surface area contributed by atoms with Crippen LogP contribution in [0.5, 0.6) is 0 Å². The Kier molecular flexibility index (Phi) is 6.48. The van der Waals surface area contributed by atoms with Crippen molar-refractivity contribution in [2.75, 3.05) is 13.2 Å². The number of halogens is 2. The molecule has 1 aromatic carbocycles. The highest BCUT2D eigenvalue weighted by atomic mass is 35.5. The summed E-state index contributed by atoms with van der Waals surface area (Å²) < 4.78 is 18.7. The molecule has 0 aromatic heterocycles. The van der Waals surface area contributed by atoms with E-state index in [1.807, 2.05) is 6.92 Å². The second-order valence-electron chi connectivity index (χ2n) is 3.91. The Hall–Kier alpha value is -0.640. The van der Waals surface area contributed by atoms with Crippen molar-refractivity contribution in [1.29, 1.82) is 0 Å². The second kappa shape index (κ2) is 7.64. The molecule has 1 rings (SSSR count). The number of hydrogen-bond acceptors (Lipinski definition) is 2. The molecule has 1 atom stereocenters. The highest BCUT2D eigenvalue weighted by molar-refractivity contribution is 6.30. The summed E-state index contributed by atoms with van der Waals surface area (Å²) in [5, 5.41) is 9.85. The molecule has 0 fully saturated rings. The van der Waals surface area contributed by atoms with E-state index in [1.165, 1.54) is 6.07 Å². The summed E-state index contributed by atoms with van der Waals surface area (Å²) in [6, 6.07) is 4.84. The molecule has 1 unspecified atom stereocenters. The van der Waals surface area contributed by atoms with Crippen LogP contribution in [0.15, 0.2) is 18.2 Å². The van der Waals surface area contributed by atoms with Crippen LogP contribution >= 0.6 is 11.6 Å². The lowest BCUT2D eigenvalue weighted by Gasteiger charge is -2.11. The van der Waals surface area contributed by atoms with Crippen LogP contribution in [0.25, 0.3) is 0 Å². The first-order chi connectivity index (χ1) is 8.15. The quantitative estimate of drug-likeness (QED) is 0.763. The monoisotopic (exact) mass is 260 g/mol. The van der Waals surface area contributed by atoms with Crippen LogP contribution in [0.3, 0.4) is 0 Å². The molecule has 1 aromatic rings. The largest absolute Gasteiger partial charge is 0.393 e. The number of benzene rings is 1. The summed E-state index contributed by atoms with van der Waals surface area (Å²) in [7, 11) is 0. The molecule has 0 aliphatic rings. The van der Waals surface area contributed by atoms with Gasteiger partial charge >= 0.3 is 0 Å². The molecule has 0 saturated carbocycles. The van der Waals surface area contributed by atoms with Crippen molar-refractivity contribution in [1.82, 2.24) is 0 Å². The maximum absolute atomic E-state index is 13.5. The number of aliphatic hydroxyl groups excluding tert-OH is 1. The predicted molar refractivity (Wildman–Crippen MR) is 66.8 cm³/mol. The third-order valence-corrected chi connectivity index (χ3v) is 2.81. The Labute approximate surface area is 106 Å². The number of ether oxygens (including phenoxy) is 1. The molecule has 0 saturated heterocycles. The van der Waals surface area contributed by atoms with E-state index in [0.29, 0.717) is 31.6 Å². The van der Waals surface area contributed by atoms with E-state index in [-0.39, 0.29) is 5.02 Å². The van der Waals surface area contributed by atoms with Gasteiger partial charge in [-0.3, -0.25) is 0 Å². The molecule has 0 heterocycles. The average molecular weight is 261 g/mol. The molecule has 96 valence electrons. The first-order valence-electron chi connectivity index (χ1n) is 5.83. The highest BCUT2D eigenvalue weighted by Crippen LogP contribution is 2.19. The molecule has 0 bridgehead atoms. The molecular weight excluding hydrogens is 243 g/mol. The standard InChI is InChI=1S/C13H18ClFO2/c1-2-17-8-4-6-11(16)9-10-5-3-7-12(14)13(10)15/h3,5,7,11,16H,2,4,6,8-9H2,1H3. The number of hydrogen-bond donors (Lipinski definition) is 1. The smallest absolute Gasteiger partial charge is 0.145 e. The Bertz CT molecular complexity index is 344. The van der Waals surface area contributed by atoms with E-state index in [2.05, 4.69) is 0 Å². The van der Waals surface area contributed by atoms with Crippen molar-refractivity contribution in [2.45, 2.75) is 32.3 Å². The summed E-state index contributed by atoms with van der Waals surface area (Å²) in [5.74, 6) is -0.432.